The molecule has 1 atom stereocenters. The Hall–Kier alpha value is -2.62. The van der Waals surface area contributed by atoms with Crippen LogP contribution in [0, 0.1) is 0 Å². The van der Waals surface area contributed by atoms with Crippen LogP contribution in [0.1, 0.15) is 17.2 Å². The molecule has 0 unspecified atom stereocenters. The van der Waals surface area contributed by atoms with Crippen molar-refractivity contribution in [2.75, 3.05) is 46.3 Å². The molecule has 1 saturated heterocycles. The Morgan fingerprint density at radius 3 is 2.39 bits per heavy atom. The van der Waals surface area contributed by atoms with Gasteiger partial charge in [-0.2, -0.15) is 4.31 Å². The summed E-state index contributed by atoms with van der Waals surface area (Å²) in [5.74, 6) is 1.34. The van der Waals surface area contributed by atoms with Crippen LogP contribution in [0.15, 0.2) is 48.5 Å². The van der Waals surface area contributed by atoms with Crippen LogP contribution in [0.3, 0.4) is 0 Å². The fraction of sp³-hybridized carbons (Fsp3) is 0.409. The molecule has 4 rings (SSSR count). The van der Waals surface area contributed by atoms with Gasteiger partial charge in [-0.25, -0.2) is 8.42 Å². The summed E-state index contributed by atoms with van der Waals surface area (Å²) in [6.45, 7) is 3.53. The molecule has 0 saturated carbocycles. The van der Waals surface area contributed by atoms with E-state index in [0.29, 0.717) is 31.7 Å². The molecule has 0 radical (unpaired) electrons. The summed E-state index contributed by atoms with van der Waals surface area (Å²) >= 11 is 0. The highest BCUT2D eigenvalue weighted by Crippen LogP contribution is 2.33. The van der Waals surface area contributed by atoms with Gasteiger partial charge in [0.1, 0.15) is 6.04 Å². The highest BCUT2D eigenvalue weighted by atomic mass is 32.2. The number of hydrogen-bond acceptors (Lipinski definition) is 6. The quantitative estimate of drug-likeness (QED) is 0.673. The number of nitrogens with zero attached hydrogens (tertiary/aromatic N) is 3. The molecule has 8 nitrogen and oxygen atoms in total. The number of piperazine rings is 1. The second kappa shape index (κ2) is 8.86. The molecule has 2 heterocycles. The molecule has 9 heteroatoms. The van der Waals surface area contributed by atoms with Gasteiger partial charge in [-0.05, 0) is 23.3 Å². The van der Waals surface area contributed by atoms with Crippen molar-refractivity contribution in [3.8, 4) is 11.5 Å². The van der Waals surface area contributed by atoms with Crippen LogP contribution in [-0.2, 0) is 21.4 Å². The molecular formula is C22H27N3O5S. The smallest absolute Gasteiger partial charge is 0.245 e. The van der Waals surface area contributed by atoms with Crippen molar-refractivity contribution in [1.29, 1.82) is 0 Å². The first-order valence-electron chi connectivity index (χ1n) is 10.2. The van der Waals surface area contributed by atoms with Gasteiger partial charge in [0.2, 0.25) is 22.7 Å². The first-order chi connectivity index (χ1) is 14.8. The lowest BCUT2D eigenvalue weighted by molar-refractivity contribution is -0.137. The van der Waals surface area contributed by atoms with Crippen LogP contribution in [0.25, 0.3) is 0 Å². The number of likely N-dealkylation sites (N-methyl/N-ethyl adjacent to an activating group) is 1. The zero-order valence-electron chi connectivity index (χ0n) is 17.7. The zero-order valence-corrected chi connectivity index (χ0v) is 18.5. The van der Waals surface area contributed by atoms with E-state index in [1.54, 1.807) is 17.0 Å². The van der Waals surface area contributed by atoms with Crippen LogP contribution >= 0.6 is 0 Å². The number of carbonyl (C=O) groups is 1. The van der Waals surface area contributed by atoms with Crippen molar-refractivity contribution < 1.29 is 22.7 Å². The standard InChI is InChI=1S/C22H27N3O5S/c1-23(31(2,27)28)21(18-6-4-3-5-7-18)22(26)25-12-10-24(11-13-25)15-17-8-9-19-20(14-17)30-16-29-19/h3-9,14,21H,10-13,15-16H2,1-2H3/t21-/m1/s1. The molecule has 2 aliphatic heterocycles. The largest absolute Gasteiger partial charge is 0.454 e. The SMILES string of the molecule is CN([C@@H](C(=O)N1CCN(Cc2ccc3c(c2)OCO3)CC1)c1ccccc1)S(C)(=O)=O. The second-order valence-electron chi connectivity index (χ2n) is 7.88. The third kappa shape index (κ3) is 4.84. The van der Waals surface area contributed by atoms with Crippen LogP contribution < -0.4 is 9.47 Å². The Bertz CT molecular complexity index is 1040. The molecule has 0 aromatic heterocycles. The number of benzene rings is 2. The molecule has 166 valence electrons. The maximum Gasteiger partial charge on any atom is 0.245 e. The molecule has 0 N–H and O–H groups in total. The highest BCUT2D eigenvalue weighted by molar-refractivity contribution is 7.88. The molecule has 2 aromatic carbocycles. The topological polar surface area (TPSA) is 79.4 Å². The van der Waals surface area contributed by atoms with Crippen molar-refractivity contribution >= 4 is 15.9 Å². The minimum absolute atomic E-state index is 0.193. The summed E-state index contributed by atoms with van der Waals surface area (Å²) in [7, 11) is -2.08. The number of rotatable bonds is 6. The van der Waals surface area contributed by atoms with Crippen LogP contribution in [-0.4, -0.2) is 74.7 Å². The molecular weight excluding hydrogens is 418 g/mol. The molecule has 2 aliphatic rings. The van der Waals surface area contributed by atoms with Gasteiger partial charge in [-0.15, -0.1) is 0 Å². The Labute approximate surface area is 183 Å². The summed E-state index contributed by atoms with van der Waals surface area (Å²) in [5.41, 5.74) is 1.80. The molecule has 0 spiro atoms. The third-order valence-corrected chi connectivity index (χ3v) is 7.02. The number of carbonyl (C=O) groups excluding carboxylic acids is 1. The summed E-state index contributed by atoms with van der Waals surface area (Å²) in [5, 5.41) is 0. The number of hydrogen-bond donors (Lipinski definition) is 0. The van der Waals surface area contributed by atoms with Gasteiger partial charge >= 0.3 is 0 Å². The second-order valence-corrected chi connectivity index (χ2v) is 9.92. The van der Waals surface area contributed by atoms with E-state index < -0.39 is 16.1 Å². The van der Waals surface area contributed by atoms with Gasteiger partial charge < -0.3 is 14.4 Å². The Morgan fingerprint density at radius 2 is 1.71 bits per heavy atom. The average molecular weight is 446 g/mol. The summed E-state index contributed by atoms with van der Waals surface area (Å²) in [6.07, 6.45) is 1.12. The Balaban J connectivity index is 1.42. The highest BCUT2D eigenvalue weighted by Gasteiger charge is 2.35. The van der Waals surface area contributed by atoms with Gasteiger partial charge in [-0.3, -0.25) is 9.69 Å². The molecule has 31 heavy (non-hydrogen) atoms. The Kier molecular flexibility index (Phi) is 6.17. The van der Waals surface area contributed by atoms with E-state index in [4.69, 9.17) is 9.47 Å². The van der Waals surface area contributed by atoms with E-state index in [2.05, 4.69) is 4.90 Å². The minimum atomic E-state index is -3.54. The monoisotopic (exact) mass is 445 g/mol. The number of sulfonamides is 1. The first-order valence-corrected chi connectivity index (χ1v) is 12.1. The summed E-state index contributed by atoms with van der Waals surface area (Å²) < 4.78 is 36.4. The molecule has 0 aliphatic carbocycles. The van der Waals surface area contributed by atoms with Gasteiger partial charge in [0, 0.05) is 39.8 Å². The maximum atomic E-state index is 13.4. The lowest BCUT2D eigenvalue weighted by Gasteiger charge is -2.38. The van der Waals surface area contributed by atoms with Crippen molar-refractivity contribution in [3.63, 3.8) is 0 Å². The van der Waals surface area contributed by atoms with E-state index in [0.717, 1.165) is 34.2 Å². The van der Waals surface area contributed by atoms with E-state index >= 15 is 0 Å². The van der Waals surface area contributed by atoms with E-state index in [1.165, 1.54) is 7.05 Å². The summed E-state index contributed by atoms with van der Waals surface area (Å²) in [6, 6.07) is 14.1. The van der Waals surface area contributed by atoms with Gasteiger partial charge in [0.15, 0.2) is 11.5 Å². The van der Waals surface area contributed by atoms with Gasteiger partial charge in [0.25, 0.3) is 0 Å². The first kappa shape index (κ1) is 21.6. The molecule has 1 fully saturated rings. The predicted molar refractivity (Wildman–Crippen MR) is 116 cm³/mol. The van der Waals surface area contributed by atoms with Gasteiger partial charge in [-0.1, -0.05) is 36.4 Å². The lowest BCUT2D eigenvalue weighted by atomic mass is 10.1. The maximum absolute atomic E-state index is 13.4. The minimum Gasteiger partial charge on any atom is -0.454 e. The van der Waals surface area contributed by atoms with Crippen LogP contribution in [0.5, 0.6) is 11.5 Å². The third-order valence-electron chi connectivity index (χ3n) is 5.76. The summed E-state index contributed by atoms with van der Waals surface area (Å²) in [4.78, 5) is 17.4. The van der Waals surface area contributed by atoms with Crippen LogP contribution in [0.2, 0.25) is 0 Å². The fourth-order valence-corrected chi connectivity index (χ4v) is 4.53. The number of ether oxygens (including phenoxy) is 2. The van der Waals surface area contributed by atoms with E-state index in [-0.39, 0.29) is 12.7 Å². The van der Waals surface area contributed by atoms with Crippen molar-refractivity contribution in [1.82, 2.24) is 14.1 Å². The number of fused-ring (bicyclic) bond motifs is 1. The average Bonchev–Trinajstić information content (AvgIpc) is 3.22. The lowest BCUT2D eigenvalue weighted by Crippen LogP contribution is -2.52. The zero-order chi connectivity index (χ0) is 22.0. The fourth-order valence-electron chi connectivity index (χ4n) is 3.93. The number of amides is 1. The van der Waals surface area contributed by atoms with Gasteiger partial charge in [0.05, 0.1) is 6.26 Å². The van der Waals surface area contributed by atoms with E-state index in [9.17, 15) is 13.2 Å². The van der Waals surface area contributed by atoms with E-state index in [1.807, 2.05) is 36.4 Å². The van der Waals surface area contributed by atoms with Crippen molar-refractivity contribution in [2.45, 2.75) is 12.6 Å². The van der Waals surface area contributed by atoms with Crippen LogP contribution in [0.4, 0.5) is 0 Å². The Morgan fingerprint density at radius 1 is 1.03 bits per heavy atom. The molecule has 0 bridgehead atoms. The molecule has 1 amide bonds. The predicted octanol–water partition coefficient (Wildman–Crippen LogP) is 1.69. The normalized spacial score (nSPS) is 17.7. The van der Waals surface area contributed by atoms with Crippen molar-refractivity contribution in [2.24, 2.45) is 0 Å². The molecule has 2 aromatic rings. The van der Waals surface area contributed by atoms with Crippen molar-refractivity contribution in [3.05, 3.63) is 59.7 Å².